The van der Waals surface area contributed by atoms with Crippen molar-refractivity contribution in [3.63, 3.8) is 0 Å². The first-order chi connectivity index (χ1) is 15.2. The molecule has 0 bridgehead atoms. The van der Waals surface area contributed by atoms with Crippen molar-refractivity contribution in [3.8, 4) is 0 Å². The Labute approximate surface area is 211 Å². The first kappa shape index (κ1) is 27.7. The number of carbonyl (C=O) groups excluding carboxylic acids is 1. The minimum Gasteiger partial charge on any atom is -0.468 e. The van der Waals surface area contributed by atoms with Crippen LogP contribution >= 0.6 is 24.8 Å². The predicted octanol–water partition coefficient (Wildman–Crippen LogP) is 4.26. The van der Waals surface area contributed by atoms with Crippen LogP contribution in [0.1, 0.15) is 31.2 Å². The molecule has 2 fully saturated rings. The molecule has 1 aromatic rings. The molecule has 0 saturated carbocycles. The molecule has 1 N–H and O–H groups in total. The zero-order chi connectivity index (χ0) is 21.5. The number of carbonyl (C=O) groups is 1. The van der Waals surface area contributed by atoms with Gasteiger partial charge in [-0.05, 0) is 75.4 Å². The number of hydrogen-bond acceptors (Lipinski definition) is 5. The second-order valence-corrected chi connectivity index (χ2v) is 9.29. The standard InChI is InChI=1S/C26H37N3O2.2ClH/c1-31-25(30)26(12-3-2-4-13-26)21-23-5-7-24(8-6-23)29-19-17-28(18-20-29)16-11-22-9-14-27-15-10-22;;/h2-8,12,22,27H,9-11,13-21H2,1H3;2*1H. The highest BCUT2D eigenvalue weighted by molar-refractivity contribution is 5.85. The number of piperazine rings is 1. The number of hydrogen-bond donors (Lipinski definition) is 1. The van der Waals surface area contributed by atoms with Gasteiger partial charge in [-0.2, -0.15) is 0 Å². The van der Waals surface area contributed by atoms with Gasteiger partial charge >= 0.3 is 5.97 Å². The van der Waals surface area contributed by atoms with Gasteiger partial charge in [0.05, 0.1) is 12.5 Å². The van der Waals surface area contributed by atoms with Crippen LogP contribution < -0.4 is 10.2 Å². The van der Waals surface area contributed by atoms with E-state index >= 15 is 0 Å². The van der Waals surface area contributed by atoms with Crippen LogP contribution in [0.15, 0.2) is 48.6 Å². The van der Waals surface area contributed by atoms with Crippen LogP contribution in [-0.4, -0.2) is 63.8 Å². The fourth-order valence-electron chi connectivity index (χ4n) is 5.18. The predicted molar refractivity (Wildman–Crippen MR) is 141 cm³/mol. The molecular weight excluding hydrogens is 457 g/mol. The van der Waals surface area contributed by atoms with Gasteiger partial charge in [0.25, 0.3) is 0 Å². The lowest BCUT2D eigenvalue weighted by atomic mass is 9.76. The van der Waals surface area contributed by atoms with Crippen molar-refractivity contribution in [1.29, 1.82) is 0 Å². The van der Waals surface area contributed by atoms with E-state index in [1.165, 1.54) is 57.3 Å². The number of ether oxygens (including phenoxy) is 1. The fraction of sp³-hybridized carbons (Fsp3) is 0.577. The molecular formula is C26H39Cl2N3O2. The van der Waals surface area contributed by atoms with E-state index in [0.717, 1.165) is 32.1 Å². The van der Waals surface area contributed by atoms with Crippen LogP contribution in [-0.2, 0) is 16.0 Å². The second-order valence-electron chi connectivity index (χ2n) is 9.29. The number of anilines is 1. The molecule has 3 aliphatic rings. The van der Waals surface area contributed by atoms with Gasteiger partial charge in [0, 0.05) is 31.9 Å². The van der Waals surface area contributed by atoms with Crippen LogP contribution in [0, 0.1) is 11.3 Å². The molecule has 4 rings (SSSR count). The van der Waals surface area contributed by atoms with E-state index in [1.54, 1.807) is 0 Å². The molecule has 33 heavy (non-hydrogen) atoms. The van der Waals surface area contributed by atoms with Crippen LogP contribution in [0.2, 0.25) is 0 Å². The summed E-state index contributed by atoms with van der Waals surface area (Å²) in [4.78, 5) is 17.6. The van der Waals surface area contributed by atoms with Crippen molar-refractivity contribution in [3.05, 3.63) is 54.1 Å². The quantitative estimate of drug-likeness (QED) is 0.572. The van der Waals surface area contributed by atoms with Crippen molar-refractivity contribution in [2.45, 2.75) is 32.1 Å². The smallest absolute Gasteiger partial charge is 0.316 e. The Hall–Kier alpha value is -1.53. The average molecular weight is 497 g/mol. The van der Waals surface area contributed by atoms with Gasteiger partial charge in [-0.25, -0.2) is 0 Å². The summed E-state index contributed by atoms with van der Waals surface area (Å²) < 4.78 is 5.11. The highest BCUT2D eigenvalue weighted by Gasteiger charge is 2.37. The molecule has 0 amide bonds. The highest BCUT2D eigenvalue weighted by Crippen LogP contribution is 2.34. The Kier molecular flexibility index (Phi) is 11.2. The Morgan fingerprint density at radius 2 is 1.76 bits per heavy atom. The number of nitrogens with zero attached hydrogens (tertiary/aromatic N) is 2. The summed E-state index contributed by atoms with van der Waals surface area (Å²) in [5.74, 6) is 0.757. The van der Waals surface area contributed by atoms with E-state index in [0.29, 0.717) is 12.8 Å². The number of benzene rings is 1. The molecule has 1 aliphatic carbocycles. The van der Waals surface area contributed by atoms with E-state index in [-0.39, 0.29) is 30.8 Å². The minimum absolute atomic E-state index is 0. The Bertz CT molecular complexity index is 785. The topological polar surface area (TPSA) is 44.8 Å². The SMILES string of the molecule is COC(=O)C1(Cc2ccc(N3CCN(CCC4CCNCC4)CC3)cc2)C=CC=CC1.Cl.Cl. The lowest BCUT2D eigenvalue weighted by Crippen LogP contribution is -2.47. The van der Waals surface area contributed by atoms with Gasteiger partial charge in [0.1, 0.15) is 0 Å². The number of methoxy groups -OCH3 is 1. The Morgan fingerprint density at radius 3 is 2.36 bits per heavy atom. The molecule has 0 spiro atoms. The van der Waals surface area contributed by atoms with E-state index < -0.39 is 5.41 Å². The normalized spacial score (nSPS) is 23.5. The van der Waals surface area contributed by atoms with Gasteiger partial charge in [-0.1, -0.05) is 36.4 Å². The second kappa shape index (κ2) is 13.4. The molecule has 0 radical (unpaired) electrons. The van der Waals surface area contributed by atoms with Crippen molar-refractivity contribution >= 4 is 36.5 Å². The number of piperidine rings is 1. The van der Waals surface area contributed by atoms with Crippen LogP contribution in [0.4, 0.5) is 5.69 Å². The van der Waals surface area contributed by atoms with E-state index in [9.17, 15) is 4.79 Å². The molecule has 2 heterocycles. The van der Waals surface area contributed by atoms with E-state index in [4.69, 9.17) is 4.74 Å². The summed E-state index contributed by atoms with van der Waals surface area (Å²) in [5.41, 5.74) is 1.88. The summed E-state index contributed by atoms with van der Waals surface area (Å²) in [5, 5.41) is 3.46. The van der Waals surface area contributed by atoms with Crippen molar-refractivity contribution in [2.75, 3.05) is 57.8 Å². The zero-order valence-electron chi connectivity index (χ0n) is 19.7. The maximum Gasteiger partial charge on any atom is 0.316 e. The Morgan fingerprint density at radius 1 is 1.06 bits per heavy atom. The number of allylic oxidation sites excluding steroid dienone is 3. The van der Waals surface area contributed by atoms with Crippen molar-refractivity contribution < 1.29 is 9.53 Å². The molecule has 5 nitrogen and oxygen atoms in total. The molecule has 1 aromatic carbocycles. The van der Waals surface area contributed by atoms with Gasteiger partial charge in [-0.3, -0.25) is 9.69 Å². The summed E-state index contributed by atoms with van der Waals surface area (Å²) in [6.07, 6.45) is 13.4. The number of nitrogens with one attached hydrogen (secondary N) is 1. The molecule has 1 unspecified atom stereocenters. The molecule has 184 valence electrons. The first-order valence-electron chi connectivity index (χ1n) is 11.9. The lowest BCUT2D eigenvalue weighted by Gasteiger charge is -2.37. The molecule has 2 saturated heterocycles. The third-order valence-corrected chi connectivity index (χ3v) is 7.24. The monoisotopic (exact) mass is 495 g/mol. The number of halogens is 2. The summed E-state index contributed by atoms with van der Waals surface area (Å²) >= 11 is 0. The van der Waals surface area contributed by atoms with Gasteiger partial charge in [0.15, 0.2) is 0 Å². The lowest BCUT2D eigenvalue weighted by molar-refractivity contribution is -0.149. The zero-order valence-corrected chi connectivity index (χ0v) is 21.3. The van der Waals surface area contributed by atoms with Gasteiger partial charge in [0.2, 0.25) is 0 Å². The van der Waals surface area contributed by atoms with Crippen LogP contribution in [0.3, 0.4) is 0 Å². The highest BCUT2D eigenvalue weighted by atomic mass is 35.5. The minimum atomic E-state index is -0.578. The number of rotatable bonds is 7. The van der Waals surface area contributed by atoms with Gasteiger partial charge < -0.3 is 15.0 Å². The molecule has 0 aromatic heterocycles. The van der Waals surface area contributed by atoms with E-state index in [1.807, 2.05) is 18.2 Å². The average Bonchev–Trinajstić information content (AvgIpc) is 2.84. The molecule has 1 atom stereocenters. The van der Waals surface area contributed by atoms with Crippen LogP contribution in [0.5, 0.6) is 0 Å². The van der Waals surface area contributed by atoms with Crippen molar-refractivity contribution in [2.24, 2.45) is 11.3 Å². The summed E-state index contributed by atoms with van der Waals surface area (Å²) in [6.45, 7) is 8.11. The fourth-order valence-corrected chi connectivity index (χ4v) is 5.18. The third-order valence-electron chi connectivity index (χ3n) is 7.24. The third kappa shape index (κ3) is 7.22. The van der Waals surface area contributed by atoms with Gasteiger partial charge in [-0.15, -0.1) is 24.8 Å². The summed E-state index contributed by atoms with van der Waals surface area (Å²) in [7, 11) is 1.48. The summed E-state index contributed by atoms with van der Waals surface area (Å²) in [6, 6.07) is 8.78. The maximum absolute atomic E-state index is 12.5. The number of esters is 1. The van der Waals surface area contributed by atoms with Crippen molar-refractivity contribution in [1.82, 2.24) is 10.2 Å². The molecule has 2 aliphatic heterocycles. The largest absolute Gasteiger partial charge is 0.468 e. The van der Waals surface area contributed by atoms with E-state index in [2.05, 4.69) is 45.5 Å². The maximum atomic E-state index is 12.5. The van der Waals surface area contributed by atoms with Crippen LogP contribution in [0.25, 0.3) is 0 Å². The Balaban J connectivity index is 0.00000193. The molecule has 7 heteroatoms. The first-order valence-corrected chi connectivity index (χ1v) is 11.9.